The zero-order chi connectivity index (χ0) is 23.7. The van der Waals surface area contributed by atoms with E-state index in [1.165, 1.54) is 11.3 Å². The first-order chi connectivity index (χ1) is 15.8. The van der Waals surface area contributed by atoms with Crippen molar-refractivity contribution in [3.63, 3.8) is 0 Å². The van der Waals surface area contributed by atoms with Gasteiger partial charge in [-0.2, -0.15) is 0 Å². The fourth-order valence-corrected chi connectivity index (χ4v) is 5.88. The highest BCUT2D eigenvalue weighted by Gasteiger charge is 2.33. The highest BCUT2D eigenvalue weighted by Crippen LogP contribution is 2.34. The molecule has 0 saturated heterocycles. The van der Waals surface area contributed by atoms with Gasteiger partial charge in [-0.25, -0.2) is 9.79 Å². The van der Waals surface area contributed by atoms with Gasteiger partial charge in [-0.15, -0.1) is 0 Å². The van der Waals surface area contributed by atoms with Crippen LogP contribution in [0.2, 0.25) is 0 Å². The Morgan fingerprint density at radius 2 is 2.09 bits per heavy atom. The Balaban J connectivity index is 1.97. The number of esters is 1. The lowest BCUT2D eigenvalue weighted by Gasteiger charge is -2.25. The number of aromatic nitrogens is 1. The Kier molecular flexibility index (Phi) is 7.20. The van der Waals surface area contributed by atoms with Crippen molar-refractivity contribution in [1.29, 1.82) is 0 Å². The molecule has 0 aliphatic carbocycles. The molecular weight excluding hydrogens is 619 g/mol. The molecule has 2 heterocycles. The Morgan fingerprint density at radius 1 is 1.30 bits per heavy atom. The lowest BCUT2D eigenvalue weighted by Crippen LogP contribution is -2.39. The van der Waals surface area contributed by atoms with Gasteiger partial charge in [0, 0.05) is 3.57 Å². The SMILES string of the molecule is CCOC(=O)C1=C(C)N=c2s/c(=C/c3cccc(I)c3)c(=O)n2[C@@H]1c1ccc(OC)c(Br)c1. The summed E-state index contributed by atoms with van der Waals surface area (Å²) in [7, 11) is 1.59. The number of allylic oxidation sites excluding steroid dienone is 1. The number of thiazole rings is 1. The summed E-state index contributed by atoms with van der Waals surface area (Å²) in [6.45, 7) is 3.75. The molecule has 1 atom stereocenters. The molecule has 0 spiro atoms. The predicted molar refractivity (Wildman–Crippen MR) is 140 cm³/mol. The van der Waals surface area contributed by atoms with Crippen molar-refractivity contribution < 1.29 is 14.3 Å². The summed E-state index contributed by atoms with van der Waals surface area (Å²) in [5, 5.41) is 0. The van der Waals surface area contributed by atoms with Crippen LogP contribution < -0.4 is 19.6 Å². The standard InChI is InChI=1S/C24H20BrIN2O4S/c1-4-32-23(30)20-13(2)27-24-28(21(20)15-8-9-18(31-3)17(25)12-15)22(29)19(33-24)11-14-6-5-7-16(26)10-14/h5-12,21H,4H2,1-3H3/b19-11+/t21-/m1/s1. The van der Waals surface area contributed by atoms with Gasteiger partial charge in [0.15, 0.2) is 4.80 Å². The van der Waals surface area contributed by atoms with E-state index in [4.69, 9.17) is 9.47 Å². The highest BCUT2D eigenvalue weighted by atomic mass is 127. The molecule has 170 valence electrons. The zero-order valence-electron chi connectivity index (χ0n) is 18.1. The minimum absolute atomic E-state index is 0.205. The smallest absolute Gasteiger partial charge is 0.338 e. The summed E-state index contributed by atoms with van der Waals surface area (Å²) in [4.78, 5) is 31.7. The highest BCUT2D eigenvalue weighted by molar-refractivity contribution is 14.1. The molecule has 0 unspecified atom stereocenters. The molecule has 1 aromatic heterocycles. The van der Waals surface area contributed by atoms with Crippen molar-refractivity contribution in [3.8, 4) is 5.75 Å². The molecule has 1 aliphatic heterocycles. The molecule has 4 rings (SSSR count). The number of nitrogens with zero attached hydrogens (tertiary/aromatic N) is 2. The van der Waals surface area contributed by atoms with Crippen molar-refractivity contribution in [2.45, 2.75) is 19.9 Å². The molecule has 0 radical (unpaired) electrons. The minimum Gasteiger partial charge on any atom is -0.496 e. The van der Waals surface area contributed by atoms with Gasteiger partial charge < -0.3 is 9.47 Å². The average molecular weight is 639 g/mol. The van der Waals surface area contributed by atoms with E-state index < -0.39 is 12.0 Å². The maximum absolute atomic E-state index is 13.6. The first kappa shape index (κ1) is 23.9. The van der Waals surface area contributed by atoms with E-state index in [1.54, 1.807) is 31.6 Å². The zero-order valence-corrected chi connectivity index (χ0v) is 22.7. The molecule has 0 N–H and O–H groups in total. The summed E-state index contributed by atoms with van der Waals surface area (Å²) in [5.74, 6) is 0.172. The van der Waals surface area contributed by atoms with Gasteiger partial charge in [0.25, 0.3) is 5.56 Å². The van der Waals surface area contributed by atoms with E-state index in [2.05, 4.69) is 43.5 Å². The van der Waals surface area contributed by atoms with Crippen LogP contribution in [0.25, 0.3) is 6.08 Å². The summed E-state index contributed by atoms with van der Waals surface area (Å²) in [6.07, 6.45) is 1.86. The van der Waals surface area contributed by atoms with E-state index >= 15 is 0 Å². The number of rotatable bonds is 5. The second-order valence-corrected chi connectivity index (χ2v) is 10.4. The van der Waals surface area contributed by atoms with Gasteiger partial charge in [0.1, 0.15) is 5.75 Å². The lowest BCUT2D eigenvalue weighted by atomic mass is 9.96. The second kappa shape index (κ2) is 9.94. The Labute approximate surface area is 216 Å². The van der Waals surface area contributed by atoms with Crippen LogP contribution in [-0.4, -0.2) is 24.3 Å². The lowest BCUT2D eigenvalue weighted by molar-refractivity contribution is -0.139. The van der Waals surface area contributed by atoms with E-state index in [9.17, 15) is 9.59 Å². The molecule has 0 bridgehead atoms. The largest absolute Gasteiger partial charge is 0.496 e. The second-order valence-electron chi connectivity index (χ2n) is 7.25. The number of fused-ring (bicyclic) bond motifs is 1. The van der Waals surface area contributed by atoms with Crippen LogP contribution in [0.15, 0.2) is 68.0 Å². The minimum atomic E-state index is -0.666. The topological polar surface area (TPSA) is 69.9 Å². The third kappa shape index (κ3) is 4.71. The van der Waals surface area contributed by atoms with E-state index in [-0.39, 0.29) is 12.2 Å². The molecule has 0 saturated carbocycles. The summed E-state index contributed by atoms with van der Waals surface area (Å²) in [6, 6.07) is 12.8. The molecule has 0 fully saturated rings. The number of hydrogen-bond acceptors (Lipinski definition) is 6. The molecule has 9 heteroatoms. The maximum atomic E-state index is 13.6. The number of carbonyl (C=O) groups excluding carboxylic acids is 1. The van der Waals surface area contributed by atoms with Crippen LogP contribution in [0.5, 0.6) is 5.75 Å². The van der Waals surface area contributed by atoms with Crippen LogP contribution in [0.4, 0.5) is 0 Å². The maximum Gasteiger partial charge on any atom is 0.338 e. The number of hydrogen-bond donors (Lipinski definition) is 0. The van der Waals surface area contributed by atoms with Crippen molar-refractivity contribution in [2.75, 3.05) is 13.7 Å². The van der Waals surface area contributed by atoms with Crippen LogP contribution >= 0.6 is 49.9 Å². The Bertz CT molecular complexity index is 1460. The van der Waals surface area contributed by atoms with Gasteiger partial charge in [-0.05, 0) is 93.8 Å². The van der Waals surface area contributed by atoms with Crippen molar-refractivity contribution in [1.82, 2.24) is 4.57 Å². The summed E-state index contributed by atoms with van der Waals surface area (Å²) in [5.41, 5.74) is 2.36. The average Bonchev–Trinajstić information content (AvgIpc) is 3.07. The third-order valence-corrected chi connectivity index (χ3v) is 7.43. The molecule has 33 heavy (non-hydrogen) atoms. The normalized spacial score (nSPS) is 15.8. The number of ether oxygens (including phenoxy) is 2. The third-order valence-electron chi connectivity index (χ3n) is 5.16. The molecular formula is C24H20BrIN2O4S. The number of benzene rings is 2. The molecule has 1 aliphatic rings. The summed E-state index contributed by atoms with van der Waals surface area (Å²) >= 11 is 7.07. The van der Waals surface area contributed by atoms with Gasteiger partial charge >= 0.3 is 5.97 Å². The monoisotopic (exact) mass is 638 g/mol. The number of carbonyl (C=O) groups is 1. The van der Waals surface area contributed by atoms with Gasteiger partial charge in [-0.3, -0.25) is 9.36 Å². The number of methoxy groups -OCH3 is 1. The predicted octanol–water partition coefficient (Wildman–Crippen LogP) is 4.17. The van der Waals surface area contributed by atoms with Crippen molar-refractivity contribution in [2.24, 2.45) is 4.99 Å². The molecule has 3 aromatic rings. The first-order valence-electron chi connectivity index (χ1n) is 10.1. The van der Waals surface area contributed by atoms with Gasteiger partial charge in [-0.1, -0.05) is 29.5 Å². The van der Waals surface area contributed by atoms with Crippen molar-refractivity contribution in [3.05, 3.63) is 92.6 Å². The van der Waals surface area contributed by atoms with Crippen LogP contribution in [0.3, 0.4) is 0 Å². The Hall–Kier alpha value is -2.24. The molecule has 6 nitrogen and oxygen atoms in total. The van der Waals surface area contributed by atoms with Crippen LogP contribution in [0, 0.1) is 3.57 Å². The quantitative estimate of drug-likeness (QED) is 0.311. The molecule has 2 aromatic carbocycles. The fourth-order valence-electron chi connectivity index (χ4n) is 3.71. The van der Waals surface area contributed by atoms with E-state index in [0.717, 1.165) is 19.2 Å². The van der Waals surface area contributed by atoms with E-state index in [1.807, 2.05) is 42.5 Å². The van der Waals surface area contributed by atoms with Gasteiger partial charge in [0.05, 0.1) is 40.0 Å². The fraction of sp³-hybridized carbons (Fsp3) is 0.208. The van der Waals surface area contributed by atoms with Crippen LogP contribution in [0.1, 0.15) is 31.0 Å². The van der Waals surface area contributed by atoms with Gasteiger partial charge in [0.2, 0.25) is 0 Å². The van der Waals surface area contributed by atoms with E-state index in [0.29, 0.717) is 26.4 Å². The summed E-state index contributed by atoms with van der Waals surface area (Å²) < 4.78 is 14.6. The first-order valence-corrected chi connectivity index (χ1v) is 12.8. The Morgan fingerprint density at radius 3 is 2.76 bits per heavy atom. The molecule has 0 amide bonds. The van der Waals surface area contributed by atoms with Crippen molar-refractivity contribution >= 4 is 61.9 Å². The van der Waals surface area contributed by atoms with Crippen LogP contribution in [-0.2, 0) is 9.53 Å². The number of halogens is 2.